The van der Waals surface area contributed by atoms with Gasteiger partial charge in [-0.1, -0.05) is 6.07 Å². The molecule has 29 heavy (non-hydrogen) atoms. The van der Waals surface area contributed by atoms with Gasteiger partial charge in [0.15, 0.2) is 11.5 Å². The molecular formula is C21H23N5O3. The van der Waals surface area contributed by atoms with Crippen LogP contribution < -0.4 is 20.1 Å². The molecule has 0 aliphatic heterocycles. The Morgan fingerprint density at radius 1 is 0.966 bits per heavy atom. The van der Waals surface area contributed by atoms with Crippen molar-refractivity contribution >= 4 is 11.9 Å². The molecular weight excluding hydrogens is 370 g/mol. The summed E-state index contributed by atoms with van der Waals surface area (Å²) in [6.45, 7) is 1.02. The van der Waals surface area contributed by atoms with E-state index in [-0.39, 0.29) is 5.91 Å². The van der Waals surface area contributed by atoms with Crippen LogP contribution in [-0.4, -0.2) is 41.6 Å². The van der Waals surface area contributed by atoms with Gasteiger partial charge in [0.25, 0.3) is 5.91 Å². The molecule has 0 spiro atoms. The summed E-state index contributed by atoms with van der Waals surface area (Å²) in [6.07, 6.45) is 5.68. The largest absolute Gasteiger partial charge is 0.493 e. The Balaban J connectivity index is 1.54. The minimum Gasteiger partial charge on any atom is -0.493 e. The average Bonchev–Trinajstić information content (AvgIpc) is 2.78. The molecule has 8 heteroatoms. The number of rotatable bonds is 9. The molecule has 1 aromatic carbocycles. The van der Waals surface area contributed by atoms with Gasteiger partial charge in [0.1, 0.15) is 5.69 Å². The van der Waals surface area contributed by atoms with Crippen LogP contribution in [0.2, 0.25) is 0 Å². The van der Waals surface area contributed by atoms with Crippen LogP contribution in [0.3, 0.4) is 0 Å². The fourth-order valence-electron chi connectivity index (χ4n) is 2.70. The van der Waals surface area contributed by atoms with E-state index in [2.05, 4.69) is 25.6 Å². The third-order valence-electron chi connectivity index (χ3n) is 4.24. The molecule has 150 valence electrons. The summed E-state index contributed by atoms with van der Waals surface area (Å²) in [5.41, 5.74) is 2.36. The van der Waals surface area contributed by atoms with Crippen molar-refractivity contribution in [2.45, 2.75) is 13.0 Å². The summed E-state index contributed by atoms with van der Waals surface area (Å²) in [4.78, 5) is 24.7. The highest BCUT2D eigenvalue weighted by atomic mass is 16.5. The van der Waals surface area contributed by atoms with Crippen molar-refractivity contribution in [2.75, 3.05) is 26.1 Å². The van der Waals surface area contributed by atoms with E-state index in [0.717, 1.165) is 17.5 Å². The monoisotopic (exact) mass is 393 g/mol. The lowest BCUT2D eigenvalue weighted by Gasteiger charge is -2.10. The Morgan fingerprint density at radius 3 is 2.52 bits per heavy atom. The number of benzene rings is 1. The van der Waals surface area contributed by atoms with Gasteiger partial charge in [-0.3, -0.25) is 9.78 Å². The second kappa shape index (κ2) is 10.0. The van der Waals surface area contributed by atoms with Crippen LogP contribution in [0.25, 0.3) is 0 Å². The minimum absolute atomic E-state index is 0.257. The van der Waals surface area contributed by atoms with Gasteiger partial charge in [-0.25, -0.2) is 9.97 Å². The first kappa shape index (κ1) is 20.1. The van der Waals surface area contributed by atoms with Crippen LogP contribution in [0, 0.1) is 0 Å². The number of carbonyl (C=O) groups excluding carboxylic acids is 1. The molecule has 2 N–H and O–H groups in total. The number of hydrogen-bond acceptors (Lipinski definition) is 7. The highest BCUT2D eigenvalue weighted by molar-refractivity contribution is 5.92. The number of aromatic nitrogens is 3. The molecule has 1 amide bonds. The number of nitrogens with zero attached hydrogens (tertiary/aromatic N) is 3. The summed E-state index contributed by atoms with van der Waals surface area (Å²) in [5.74, 6) is 1.53. The highest BCUT2D eigenvalue weighted by Gasteiger charge is 2.09. The lowest BCUT2D eigenvalue weighted by Crippen LogP contribution is -2.24. The Labute approximate surface area is 169 Å². The first-order valence-electron chi connectivity index (χ1n) is 9.14. The molecule has 0 saturated heterocycles. The predicted octanol–water partition coefficient (Wildman–Crippen LogP) is 2.47. The number of anilines is 1. The van der Waals surface area contributed by atoms with E-state index in [9.17, 15) is 4.79 Å². The zero-order chi connectivity index (χ0) is 20.5. The molecule has 2 heterocycles. The molecule has 3 rings (SSSR count). The maximum absolute atomic E-state index is 12.3. The van der Waals surface area contributed by atoms with Gasteiger partial charge in [0.05, 0.1) is 14.2 Å². The van der Waals surface area contributed by atoms with Crippen LogP contribution in [-0.2, 0) is 13.0 Å². The van der Waals surface area contributed by atoms with Crippen LogP contribution in [0.4, 0.5) is 5.95 Å². The predicted molar refractivity (Wildman–Crippen MR) is 109 cm³/mol. The fraction of sp³-hybridized carbons (Fsp3) is 0.238. The Kier molecular flexibility index (Phi) is 6.94. The van der Waals surface area contributed by atoms with Crippen molar-refractivity contribution in [1.29, 1.82) is 0 Å². The van der Waals surface area contributed by atoms with E-state index in [4.69, 9.17) is 9.47 Å². The molecule has 0 bridgehead atoms. The molecule has 0 atom stereocenters. The first-order chi connectivity index (χ1) is 14.2. The summed E-state index contributed by atoms with van der Waals surface area (Å²) < 4.78 is 10.6. The molecule has 0 aliphatic carbocycles. The van der Waals surface area contributed by atoms with Gasteiger partial charge in [-0.15, -0.1) is 0 Å². The number of hydrogen-bond donors (Lipinski definition) is 2. The van der Waals surface area contributed by atoms with Gasteiger partial charge in [0.2, 0.25) is 5.95 Å². The lowest BCUT2D eigenvalue weighted by molar-refractivity contribution is 0.0946. The van der Waals surface area contributed by atoms with E-state index in [1.165, 1.54) is 0 Å². The number of pyridine rings is 1. The van der Waals surface area contributed by atoms with Gasteiger partial charge in [0, 0.05) is 31.7 Å². The standard InChI is InChI=1S/C21H23N5O3/c1-28-18-4-3-15(13-19(18)29-2)7-11-23-21-24-12-8-17(26-21)20(27)25-14-16-5-9-22-10-6-16/h3-6,8-10,12-13H,7,11,14H2,1-2H3,(H,25,27)(H,23,24,26). The quantitative estimate of drug-likeness (QED) is 0.576. The molecule has 3 aromatic rings. The third-order valence-corrected chi connectivity index (χ3v) is 4.24. The van der Waals surface area contributed by atoms with Crippen LogP contribution in [0.15, 0.2) is 55.0 Å². The summed E-state index contributed by atoms with van der Waals surface area (Å²) >= 11 is 0. The van der Waals surface area contributed by atoms with E-state index in [1.54, 1.807) is 38.9 Å². The Bertz CT molecular complexity index is 950. The van der Waals surface area contributed by atoms with Crippen molar-refractivity contribution in [3.8, 4) is 11.5 Å². The third kappa shape index (κ3) is 5.65. The van der Waals surface area contributed by atoms with Crippen molar-refractivity contribution < 1.29 is 14.3 Å². The molecule has 0 unspecified atom stereocenters. The molecule has 0 saturated carbocycles. The normalized spacial score (nSPS) is 10.3. The molecule has 0 fully saturated rings. The van der Waals surface area contributed by atoms with E-state index < -0.39 is 0 Å². The Hall–Kier alpha value is -3.68. The summed E-state index contributed by atoms with van der Waals surface area (Å²) in [5, 5.41) is 5.98. The van der Waals surface area contributed by atoms with E-state index in [0.29, 0.717) is 36.2 Å². The van der Waals surface area contributed by atoms with Gasteiger partial charge in [-0.05, 0) is 47.9 Å². The number of methoxy groups -OCH3 is 2. The van der Waals surface area contributed by atoms with Crippen LogP contribution in [0.1, 0.15) is 21.6 Å². The first-order valence-corrected chi connectivity index (χ1v) is 9.14. The number of ether oxygens (including phenoxy) is 2. The van der Waals surface area contributed by atoms with Gasteiger partial charge in [-0.2, -0.15) is 0 Å². The molecule has 0 aliphatic rings. The van der Waals surface area contributed by atoms with Crippen molar-refractivity contribution in [1.82, 2.24) is 20.3 Å². The SMILES string of the molecule is COc1ccc(CCNc2nccc(C(=O)NCc3ccncc3)n2)cc1OC. The van der Waals surface area contributed by atoms with Crippen molar-refractivity contribution in [3.05, 3.63) is 71.8 Å². The van der Waals surface area contributed by atoms with E-state index >= 15 is 0 Å². The summed E-state index contributed by atoms with van der Waals surface area (Å²) in [6, 6.07) is 11.1. The molecule has 8 nitrogen and oxygen atoms in total. The number of amides is 1. The summed E-state index contributed by atoms with van der Waals surface area (Å²) in [7, 11) is 3.22. The van der Waals surface area contributed by atoms with Gasteiger partial charge < -0.3 is 20.1 Å². The molecule has 2 aromatic heterocycles. The minimum atomic E-state index is -0.257. The van der Waals surface area contributed by atoms with Crippen LogP contribution in [0.5, 0.6) is 11.5 Å². The topological polar surface area (TPSA) is 98.3 Å². The maximum Gasteiger partial charge on any atom is 0.270 e. The smallest absolute Gasteiger partial charge is 0.270 e. The lowest BCUT2D eigenvalue weighted by atomic mass is 10.1. The zero-order valence-electron chi connectivity index (χ0n) is 16.4. The van der Waals surface area contributed by atoms with Gasteiger partial charge >= 0.3 is 0 Å². The van der Waals surface area contributed by atoms with Crippen molar-refractivity contribution in [2.24, 2.45) is 0 Å². The van der Waals surface area contributed by atoms with Crippen molar-refractivity contribution in [3.63, 3.8) is 0 Å². The second-order valence-electron chi connectivity index (χ2n) is 6.17. The van der Waals surface area contributed by atoms with Crippen LogP contribution >= 0.6 is 0 Å². The highest BCUT2D eigenvalue weighted by Crippen LogP contribution is 2.27. The zero-order valence-corrected chi connectivity index (χ0v) is 16.4. The average molecular weight is 393 g/mol. The molecule has 0 radical (unpaired) electrons. The Morgan fingerprint density at radius 2 is 1.76 bits per heavy atom. The number of carbonyl (C=O) groups is 1. The number of nitrogens with one attached hydrogen (secondary N) is 2. The fourth-order valence-corrected chi connectivity index (χ4v) is 2.70. The van der Waals surface area contributed by atoms with E-state index in [1.807, 2.05) is 30.3 Å². The maximum atomic E-state index is 12.3. The second-order valence-corrected chi connectivity index (χ2v) is 6.17.